The number of nitrogens with zero attached hydrogens (tertiary/aromatic N) is 3. The van der Waals surface area contributed by atoms with Crippen molar-refractivity contribution < 1.29 is 24.3 Å². The number of hydrogen-bond donors (Lipinski definition) is 3. The number of carbonyl (C=O) groups excluding carboxylic acids is 1. The number of rotatable bonds is 6. The third kappa shape index (κ3) is 4.73. The highest BCUT2D eigenvalue weighted by molar-refractivity contribution is 5.89. The molecule has 3 rings (SSSR count). The van der Waals surface area contributed by atoms with Gasteiger partial charge in [-0.05, 0) is 36.8 Å². The number of carbonyl (C=O) groups is 2. The van der Waals surface area contributed by atoms with Gasteiger partial charge in [-0.2, -0.15) is 4.98 Å². The smallest absolute Gasteiger partial charge is 0.333 e. The van der Waals surface area contributed by atoms with Gasteiger partial charge in [-0.25, -0.2) is 9.78 Å². The molecular formula is C19H22N4O5. The van der Waals surface area contributed by atoms with Crippen LogP contribution in [0.1, 0.15) is 45.4 Å². The molecule has 0 saturated carbocycles. The van der Waals surface area contributed by atoms with E-state index in [1.54, 1.807) is 6.07 Å². The van der Waals surface area contributed by atoms with Crippen LogP contribution in [0.25, 0.3) is 11.5 Å². The second-order valence-electron chi connectivity index (χ2n) is 7.56. The first-order valence-corrected chi connectivity index (χ1v) is 8.97. The topological polar surface area (TPSA) is 138 Å². The van der Waals surface area contributed by atoms with E-state index in [2.05, 4.69) is 34.3 Å². The van der Waals surface area contributed by atoms with E-state index >= 15 is 0 Å². The largest absolute Gasteiger partial charge is 0.506 e. The van der Waals surface area contributed by atoms with E-state index in [-0.39, 0.29) is 47.2 Å². The molecule has 0 unspecified atom stereocenters. The Hall–Kier alpha value is -3.23. The van der Waals surface area contributed by atoms with E-state index in [1.165, 1.54) is 12.3 Å². The lowest BCUT2D eigenvalue weighted by atomic mass is 9.76. The van der Waals surface area contributed by atoms with E-state index in [1.807, 2.05) is 0 Å². The quantitative estimate of drug-likeness (QED) is 0.688. The Bertz CT molecular complexity index is 915. The number of nitrogens with one attached hydrogen (secondary N) is 1. The lowest BCUT2D eigenvalue weighted by Crippen LogP contribution is -2.32. The second-order valence-corrected chi connectivity index (χ2v) is 7.56. The molecule has 2 aromatic heterocycles. The lowest BCUT2D eigenvalue weighted by molar-refractivity contribution is -0.133. The van der Waals surface area contributed by atoms with Gasteiger partial charge in [0.2, 0.25) is 17.6 Å². The zero-order valence-corrected chi connectivity index (χ0v) is 15.7. The first kappa shape index (κ1) is 19.5. The summed E-state index contributed by atoms with van der Waals surface area (Å²) < 4.78 is 5.13. The highest BCUT2D eigenvalue weighted by atomic mass is 16.5. The van der Waals surface area contributed by atoms with E-state index in [0.717, 1.165) is 6.42 Å². The predicted molar refractivity (Wildman–Crippen MR) is 98.0 cm³/mol. The van der Waals surface area contributed by atoms with Gasteiger partial charge in [0.1, 0.15) is 11.4 Å². The van der Waals surface area contributed by atoms with Crippen LogP contribution in [0.4, 0.5) is 0 Å². The van der Waals surface area contributed by atoms with Gasteiger partial charge in [-0.3, -0.25) is 4.79 Å². The summed E-state index contributed by atoms with van der Waals surface area (Å²) in [5, 5.41) is 25.2. The monoisotopic (exact) mass is 386 g/mol. The van der Waals surface area contributed by atoms with Crippen molar-refractivity contribution >= 4 is 11.9 Å². The van der Waals surface area contributed by atoms with E-state index < -0.39 is 5.97 Å². The fourth-order valence-corrected chi connectivity index (χ4v) is 3.07. The molecule has 0 saturated heterocycles. The highest BCUT2D eigenvalue weighted by Gasteiger charge is 2.30. The van der Waals surface area contributed by atoms with Crippen molar-refractivity contribution in [1.82, 2.24) is 20.4 Å². The number of aryl methyl sites for hydroxylation is 1. The molecule has 1 amide bonds. The molecule has 0 bridgehead atoms. The van der Waals surface area contributed by atoms with E-state index in [4.69, 9.17) is 4.52 Å². The van der Waals surface area contributed by atoms with E-state index in [9.17, 15) is 19.8 Å². The molecule has 0 atom stereocenters. The summed E-state index contributed by atoms with van der Waals surface area (Å²) in [6.45, 7) is 4.10. The number of hydrogen-bond acceptors (Lipinski definition) is 7. The van der Waals surface area contributed by atoms with Gasteiger partial charge in [0.15, 0.2) is 0 Å². The maximum Gasteiger partial charge on any atom is 0.333 e. The highest BCUT2D eigenvalue weighted by Crippen LogP contribution is 2.37. The van der Waals surface area contributed by atoms with Crippen LogP contribution >= 0.6 is 0 Å². The number of pyridine rings is 1. The van der Waals surface area contributed by atoms with Gasteiger partial charge in [0.05, 0.1) is 11.8 Å². The minimum absolute atomic E-state index is 0.0325. The molecule has 2 aromatic rings. The van der Waals surface area contributed by atoms with Gasteiger partial charge in [0.25, 0.3) is 0 Å². The van der Waals surface area contributed by atoms with Crippen molar-refractivity contribution in [2.75, 3.05) is 0 Å². The van der Waals surface area contributed by atoms with Crippen LogP contribution < -0.4 is 5.32 Å². The third-order valence-corrected chi connectivity index (χ3v) is 4.63. The molecule has 9 heteroatoms. The van der Waals surface area contributed by atoms with Crippen molar-refractivity contribution in [2.45, 2.75) is 46.0 Å². The van der Waals surface area contributed by atoms with Crippen LogP contribution in [-0.4, -0.2) is 37.2 Å². The Morgan fingerprint density at radius 1 is 1.32 bits per heavy atom. The Kier molecular flexibility index (Phi) is 5.43. The summed E-state index contributed by atoms with van der Waals surface area (Å²) in [6, 6.07) is 3.02. The number of carboxylic acids is 1. The van der Waals surface area contributed by atoms with Crippen LogP contribution in [0.15, 0.2) is 34.1 Å². The molecule has 1 aliphatic carbocycles. The average Bonchev–Trinajstić information content (AvgIpc) is 3.08. The predicted octanol–water partition coefficient (Wildman–Crippen LogP) is 2.43. The fraction of sp³-hybridized carbons (Fsp3) is 0.421. The number of aliphatic carboxylic acids is 1. The van der Waals surface area contributed by atoms with Crippen LogP contribution in [0.5, 0.6) is 5.75 Å². The molecule has 0 radical (unpaired) electrons. The van der Waals surface area contributed by atoms with Gasteiger partial charge in [-0.1, -0.05) is 19.0 Å². The lowest BCUT2D eigenvalue weighted by Gasteiger charge is -2.32. The first-order chi connectivity index (χ1) is 13.2. The maximum atomic E-state index is 12.3. The first-order valence-electron chi connectivity index (χ1n) is 8.97. The van der Waals surface area contributed by atoms with Crippen LogP contribution in [0, 0.1) is 5.41 Å². The molecule has 3 N–H and O–H groups in total. The minimum Gasteiger partial charge on any atom is -0.506 e. The van der Waals surface area contributed by atoms with Crippen molar-refractivity contribution in [3.63, 3.8) is 0 Å². The SMILES string of the molecule is CC1(C)CCC(C(=O)O)=C(NC(=O)CCc2nc(-c3ccc(O)cn3)no2)C1. The molecule has 148 valence electrons. The number of aromatic nitrogens is 3. The zero-order chi connectivity index (χ0) is 20.3. The Balaban J connectivity index is 1.61. The zero-order valence-electron chi connectivity index (χ0n) is 15.7. The van der Waals surface area contributed by atoms with Gasteiger partial charge < -0.3 is 20.1 Å². The molecule has 0 fully saturated rings. The number of allylic oxidation sites excluding steroid dienone is 1. The minimum atomic E-state index is -0.992. The Morgan fingerprint density at radius 3 is 2.79 bits per heavy atom. The number of carboxylic acid groups (broad SMARTS) is 1. The summed E-state index contributed by atoms with van der Waals surface area (Å²) in [6.07, 6.45) is 3.29. The Morgan fingerprint density at radius 2 is 2.11 bits per heavy atom. The average molecular weight is 386 g/mol. The molecule has 0 aliphatic heterocycles. The van der Waals surface area contributed by atoms with Crippen LogP contribution in [0.3, 0.4) is 0 Å². The summed E-state index contributed by atoms with van der Waals surface area (Å²) in [4.78, 5) is 31.9. The second kappa shape index (κ2) is 7.79. The van der Waals surface area contributed by atoms with Gasteiger partial charge in [-0.15, -0.1) is 0 Å². The number of aromatic hydroxyl groups is 1. The fourth-order valence-electron chi connectivity index (χ4n) is 3.07. The van der Waals surface area contributed by atoms with Crippen LogP contribution in [0.2, 0.25) is 0 Å². The summed E-state index contributed by atoms with van der Waals surface area (Å²) in [5.41, 5.74) is 1.14. The van der Waals surface area contributed by atoms with Gasteiger partial charge >= 0.3 is 5.97 Å². The van der Waals surface area contributed by atoms with Crippen molar-refractivity contribution in [3.8, 4) is 17.3 Å². The van der Waals surface area contributed by atoms with Crippen molar-refractivity contribution in [2.24, 2.45) is 5.41 Å². The maximum absolute atomic E-state index is 12.3. The molecule has 0 aromatic carbocycles. The molecule has 0 spiro atoms. The third-order valence-electron chi connectivity index (χ3n) is 4.63. The molecule has 1 aliphatic rings. The van der Waals surface area contributed by atoms with Crippen molar-refractivity contribution in [3.05, 3.63) is 35.5 Å². The summed E-state index contributed by atoms with van der Waals surface area (Å²) in [7, 11) is 0. The summed E-state index contributed by atoms with van der Waals surface area (Å²) >= 11 is 0. The Labute approximate surface area is 161 Å². The van der Waals surface area contributed by atoms with Gasteiger partial charge in [0, 0.05) is 18.5 Å². The van der Waals surface area contributed by atoms with Crippen molar-refractivity contribution in [1.29, 1.82) is 0 Å². The molecule has 9 nitrogen and oxygen atoms in total. The number of amides is 1. The molecular weight excluding hydrogens is 364 g/mol. The standard InChI is InChI=1S/C19H22N4O5/c1-19(2)8-7-12(18(26)27)14(9-19)21-15(25)5-6-16-22-17(23-28-16)13-4-3-11(24)10-20-13/h3-4,10,24H,5-9H2,1-2H3,(H,21,25)(H,26,27). The molecule has 2 heterocycles. The summed E-state index contributed by atoms with van der Waals surface area (Å²) in [5.74, 6) is -0.718. The normalized spacial score (nSPS) is 16.1. The van der Waals surface area contributed by atoms with E-state index in [0.29, 0.717) is 24.2 Å². The molecule has 28 heavy (non-hydrogen) atoms. The van der Waals surface area contributed by atoms with Crippen LogP contribution in [-0.2, 0) is 16.0 Å².